The third-order valence-corrected chi connectivity index (χ3v) is 3.51. The summed E-state index contributed by atoms with van der Waals surface area (Å²) in [5.41, 5.74) is 5.03. The van der Waals surface area contributed by atoms with E-state index in [1.165, 1.54) is 5.56 Å². The van der Waals surface area contributed by atoms with Crippen LogP contribution in [0.3, 0.4) is 0 Å². The van der Waals surface area contributed by atoms with Gasteiger partial charge in [-0.15, -0.1) is 0 Å². The number of pyridine rings is 1. The molecule has 21 heavy (non-hydrogen) atoms. The van der Waals surface area contributed by atoms with Crippen molar-refractivity contribution in [1.29, 1.82) is 5.26 Å². The Kier molecular flexibility index (Phi) is 3.53. The second-order valence-corrected chi connectivity index (χ2v) is 5.00. The van der Waals surface area contributed by atoms with Gasteiger partial charge in [-0.2, -0.15) is 5.26 Å². The van der Waals surface area contributed by atoms with Crippen LogP contribution in [0.1, 0.15) is 16.7 Å². The molecular formula is C18H15N3. The molecule has 0 spiro atoms. The minimum absolute atomic E-state index is 0.683. The van der Waals surface area contributed by atoms with Gasteiger partial charge in [-0.05, 0) is 48.4 Å². The highest BCUT2D eigenvalue weighted by Gasteiger charge is 2.04. The number of benzene rings is 2. The van der Waals surface area contributed by atoms with Gasteiger partial charge in [0.1, 0.15) is 0 Å². The highest BCUT2D eigenvalue weighted by atomic mass is 14.9. The maximum Gasteiger partial charge on any atom is 0.0991 e. The smallest absolute Gasteiger partial charge is 0.0991 e. The summed E-state index contributed by atoms with van der Waals surface area (Å²) >= 11 is 0. The Morgan fingerprint density at radius 2 is 2.05 bits per heavy atom. The zero-order valence-corrected chi connectivity index (χ0v) is 11.8. The lowest BCUT2D eigenvalue weighted by Crippen LogP contribution is -2.01. The summed E-state index contributed by atoms with van der Waals surface area (Å²) in [7, 11) is 0. The van der Waals surface area contributed by atoms with Crippen molar-refractivity contribution in [3.05, 3.63) is 71.4 Å². The summed E-state index contributed by atoms with van der Waals surface area (Å²) in [4.78, 5) is 4.44. The van der Waals surface area contributed by atoms with Crippen molar-refractivity contribution in [2.45, 2.75) is 13.5 Å². The quantitative estimate of drug-likeness (QED) is 0.783. The molecule has 0 atom stereocenters. The van der Waals surface area contributed by atoms with Gasteiger partial charge < -0.3 is 5.32 Å². The Morgan fingerprint density at radius 1 is 1.14 bits per heavy atom. The number of aryl methyl sites for hydroxylation is 1. The Balaban J connectivity index is 1.89. The zero-order chi connectivity index (χ0) is 14.7. The molecule has 1 aromatic heterocycles. The van der Waals surface area contributed by atoms with Crippen molar-refractivity contribution < 1.29 is 0 Å². The summed E-state index contributed by atoms with van der Waals surface area (Å²) in [5.74, 6) is 0. The Bertz CT molecular complexity index is 831. The number of rotatable bonds is 3. The Labute approximate surface area is 123 Å². The van der Waals surface area contributed by atoms with Gasteiger partial charge in [-0.1, -0.05) is 18.2 Å². The van der Waals surface area contributed by atoms with E-state index in [0.717, 1.165) is 22.2 Å². The summed E-state index contributed by atoms with van der Waals surface area (Å²) in [6, 6.07) is 18.0. The van der Waals surface area contributed by atoms with Gasteiger partial charge in [0.05, 0.1) is 17.1 Å². The number of hydrogen-bond donors (Lipinski definition) is 1. The average molecular weight is 273 g/mol. The lowest BCUT2D eigenvalue weighted by atomic mass is 10.1. The van der Waals surface area contributed by atoms with Crippen LogP contribution in [0.2, 0.25) is 0 Å². The molecule has 0 aliphatic heterocycles. The first-order valence-electron chi connectivity index (χ1n) is 6.85. The molecule has 3 aromatic rings. The van der Waals surface area contributed by atoms with E-state index in [4.69, 9.17) is 5.26 Å². The number of fused-ring (bicyclic) bond motifs is 1. The molecule has 0 bridgehead atoms. The van der Waals surface area contributed by atoms with Crippen LogP contribution in [-0.4, -0.2) is 4.98 Å². The Morgan fingerprint density at radius 3 is 2.90 bits per heavy atom. The van der Waals surface area contributed by atoms with Gasteiger partial charge in [-0.25, -0.2) is 0 Å². The van der Waals surface area contributed by atoms with Crippen LogP contribution in [0.4, 0.5) is 5.69 Å². The van der Waals surface area contributed by atoms with Gasteiger partial charge in [0.25, 0.3) is 0 Å². The highest BCUT2D eigenvalue weighted by Crippen LogP contribution is 2.25. The summed E-state index contributed by atoms with van der Waals surface area (Å²) in [5, 5.41) is 13.5. The molecule has 1 N–H and O–H groups in total. The molecule has 0 amide bonds. The number of nitrogens with zero attached hydrogens (tertiary/aromatic N) is 2. The van der Waals surface area contributed by atoms with E-state index >= 15 is 0 Å². The van der Waals surface area contributed by atoms with Gasteiger partial charge in [0.2, 0.25) is 0 Å². The van der Waals surface area contributed by atoms with Crippen molar-refractivity contribution >= 4 is 16.6 Å². The molecule has 1 heterocycles. The van der Waals surface area contributed by atoms with Crippen LogP contribution in [0.15, 0.2) is 54.7 Å². The molecule has 2 aromatic carbocycles. The fourth-order valence-corrected chi connectivity index (χ4v) is 2.42. The molecule has 0 aliphatic carbocycles. The minimum Gasteiger partial charge on any atom is -0.380 e. The molecule has 3 heteroatoms. The van der Waals surface area contributed by atoms with Crippen molar-refractivity contribution in [1.82, 2.24) is 4.98 Å². The second-order valence-electron chi connectivity index (χ2n) is 5.00. The summed E-state index contributed by atoms with van der Waals surface area (Å²) in [6.45, 7) is 2.75. The molecule has 0 saturated carbocycles. The van der Waals surface area contributed by atoms with E-state index in [2.05, 4.69) is 41.5 Å². The molecule has 0 aliphatic rings. The summed E-state index contributed by atoms with van der Waals surface area (Å²) in [6.07, 6.45) is 1.81. The molecule has 0 unspecified atom stereocenters. The average Bonchev–Trinajstić information content (AvgIpc) is 2.55. The maximum absolute atomic E-state index is 8.94. The molecule has 3 rings (SSSR count). The number of nitrogens with one attached hydrogen (secondary N) is 1. The molecule has 3 nitrogen and oxygen atoms in total. The largest absolute Gasteiger partial charge is 0.380 e. The first kappa shape index (κ1) is 13.1. The third kappa shape index (κ3) is 2.70. The number of anilines is 1. The van der Waals surface area contributed by atoms with E-state index in [1.807, 2.05) is 36.5 Å². The van der Waals surface area contributed by atoms with Gasteiger partial charge >= 0.3 is 0 Å². The zero-order valence-electron chi connectivity index (χ0n) is 11.8. The van der Waals surface area contributed by atoms with Crippen LogP contribution in [0.5, 0.6) is 0 Å². The molecular weight excluding hydrogens is 258 g/mol. The third-order valence-electron chi connectivity index (χ3n) is 3.51. The number of aromatic nitrogens is 1. The minimum atomic E-state index is 0.683. The van der Waals surface area contributed by atoms with Crippen molar-refractivity contribution in [2.75, 3.05) is 5.32 Å². The van der Waals surface area contributed by atoms with E-state index in [0.29, 0.717) is 12.1 Å². The van der Waals surface area contributed by atoms with Crippen LogP contribution >= 0.6 is 0 Å². The second kappa shape index (κ2) is 5.64. The lowest BCUT2D eigenvalue weighted by Gasteiger charge is -2.11. The topological polar surface area (TPSA) is 48.7 Å². The van der Waals surface area contributed by atoms with Gasteiger partial charge in [0, 0.05) is 23.8 Å². The van der Waals surface area contributed by atoms with Crippen molar-refractivity contribution in [2.24, 2.45) is 0 Å². The number of hydrogen-bond acceptors (Lipinski definition) is 3. The van der Waals surface area contributed by atoms with Crippen LogP contribution in [-0.2, 0) is 6.54 Å². The SMILES string of the molecule is Cc1ccc(NCc2cccc(C#N)c2)c2cccnc12. The van der Waals surface area contributed by atoms with Gasteiger partial charge in [-0.3, -0.25) is 4.98 Å². The van der Waals surface area contributed by atoms with E-state index in [9.17, 15) is 0 Å². The van der Waals surface area contributed by atoms with Gasteiger partial charge in [0.15, 0.2) is 0 Å². The van der Waals surface area contributed by atoms with E-state index in [1.54, 1.807) is 0 Å². The fraction of sp³-hybridized carbons (Fsp3) is 0.111. The standard InChI is InChI=1S/C18H15N3/c1-13-7-8-17(16-6-3-9-20-18(13)16)21-12-15-5-2-4-14(10-15)11-19/h2-10,21H,12H2,1H3. The summed E-state index contributed by atoms with van der Waals surface area (Å²) < 4.78 is 0. The van der Waals surface area contributed by atoms with Crippen LogP contribution in [0.25, 0.3) is 10.9 Å². The molecule has 0 fully saturated rings. The fourth-order valence-electron chi connectivity index (χ4n) is 2.42. The highest BCUT2D eigenvalue weighted by molar-refractivity contribution is 5.93. The number of nitriles is 1. The van der Waals surface area contributed by atoms with Crippen LogP contribution < -0.4 is 5.32 Å². The predicted molar refractivity (Wildman–Crippen MR) is 85.0 cm³/mol. The van der Waals surface area contributed by atoms with E-state index < -0.39 is 0 Å². The van der Waals surface area contributed by atoms with Crippen LogP contribution in [0, 0.1) is 18.3 Å². The first-order chi connectivity index (χ1) is 10.3. The predicted octanol–water partition coefficient (Wildman–Crippen LogP) is 4.03. The molecule has 0 radical (unpaired) electrons. The van der Waals surface area contributed by atoms with Crippen molar-refractivity contribution in [3.63, 3.8) is 0 Å². The van der Waals surface area contributed by atoms with Crippen molar-refractivity contribution in [3.8, 4) is 6.07 Å². The maximum atomic E-state index is 8.94. The first-order valence-corrected chi connectivity index (χ1v) is 6.85. The van der Waals surface area contributed by atoms with E-state index in [-0.39, 0.29) is 0 Å². The lowest BCUT2D eigenvalue weighted by molar-refractivity contribution is 1.15. The molecule has 102 valence electrons. The molecule has 0 saturated heterocycles. The monoisotopic (exact) mass is 273 g/mol. The Hall–Kier alpha value is -2.86. The normalized spacial score (nSPS) is 10.3.